The van der Waals surface area contributed by atoms with Gasteiger partial charge in [0.05, 0.1) is 12.6 Å². The molecule has 1 aromatic carbocycles. The van der Waals surface area contributed by atoms with Gasteiger partial charge in [0.1, 0.15) is 5.78 Å². The second kappa shape index (κ2) is 7.98. The number of ketones is 1. The molecule has 94 valence electrons. The lowest BCUT2D eigenvalue weighted by Crippen LogP contribution is -2.29. The van der Waals surface area contributed by atoms with Gasteiger partial charge in [-0.25, -0.2) is 0 Å². The quantitative estimate of drug-likeness (QED) is 0.703. The van der Waals surface area contributed by atoms with E-state index in [1.807, 2.05) is 37.3 Å². The third-order valence-corrected chi connectivity index (χ3v) is 2.68. The molecule has 1 aromatic rings. The van der Waals surface area contributed by atoms with Crippen LogP contribution in [0.15, 0.2) is 30.3 Å². The molecule has 0 saturated heterocycles. The maximum atomic E-state index is 11.2. The normalized spacial score (nSPS) is 12.4. The third kappa shape index (κ3) is 5.61. The van der Waals surface area contributed by atoms with Gasteiger partial charge in [-0.2, -0.15) is 0 Å². The predicted molar refractivity (Wildman–Crippen MR) is 68.6 cm³/mol. The maximum absolute atomic E-state index is 11.2. The lowest BCUT2D eigenvalue weighted by atomic mass is 10.1. The Morgan fingerprint density at radius 2 is 2.06 bits per heavy atom. The Labute approximate surface area is 103 Å². The van der Waals surface area contributed by atoms with Crippen molar-refractivity contribution >= 4 is 5.78 Å². The number of hydrogen-bond acceptors (Lipinski definition) is 3. The molecular formula is C14H21NO2. The Balaban J connectivity index is 2.07. The summed E-state index contributed by atoms with van der Waals surface area (Å²) in [6.45, 7) is 3.12. The van der Waals surface area contributed by atoms with E-state index in [1.165, 1.54) is 5.56 Å². The number of rotatable bonds is 8. The van der Waals surface area contributed by atoms with Crippen LogP contribution in [0.1, 0.15) is 31.7 Å². The molecule has 0 unspecified atom stereocenters. The molecule has 0 heterocycles. The van der Waals surface area contributed by atoms with E-state index < -0.39 is 0 Å². The largest absolute Gasteiger partial charge is 0.377 e. The fourth-order valence-electron chi connectivity index (χ4n) is 1.59. The summed E-state index contributed by atoms with van der Waals surface area (Å²) in [5.41, 5.74) is 6.88. The maximum Gasteiger partial charge on any atom is 0.149 e. The summed E-state index contributed by atoms with van der Waals surface area (Å²) in [7, 11) is 0. The standard InChI is InChI=1S/C14H21NO2/c1-2-14(16)13(15)9-6-10-17-11-12-7-4-3-5-8-12/h3-5,7-8,13H,2,6,9-11,15H2,1H3/t13-/m0/s1. The van der Waals surface area contributed by atoms with Gasteiger partial charge in [0.15, 0.2) is 0 Å². The highest BCUT2D eigenvalue weighted by molar-refractivity contribution is 5.83. The Morgan fingerprint density at radius 1 is 1.35 bits per heavy atom. The summed E-state index contributed by atoms with van der Waals surface area (Å²) in [5, 5.41) is 0. The number of carbonyl (C=O) groups is 1. The van der Waals surface area contributed by atoms with E-state index in [2.05, 4.69) is 0 Å². The van der Waals surface area contributed by atoms with E-state index >= 15 is 0 Å². The van der Waals surface area contributed by atoms with Crippen LogP contribution in [-0.2, 0) is 16.1 Å². The zero-order chi connectivity index (χ0) is 12.5. The van der Waals surface area contributed by atoms with Gasteiger partial charge >= 0.3 is 0 Å². The van der Waals surface area contributed by atoms with Crippen LogP contribution in [0.3, 0.4) is 0 Å². The molecule has 17 heavy (non-hydrogen) atoms. The van der Waals surface area contributed by atoms with Crippen molar-refractivity contribution in [3.05, 3.63) is 35.9 Å². The van der Waals surface area contributed by atoms with Crippen LogP contribution in [0.25, 0.3) is 0 Å². The van der Waals surface area contributed by atoms with Crippen molar-refractivity contribution in [2.75, 3.05) is 6.61 Å². The van der Waals surface area contributed by atoms with Crippen molar-refractivity contribution in [1.29, 1.82) is 0 Å². The minimum atomic E-state index is -0.319. The van der Waals surface area contributed by atoms with Crippen molar-refractivity contribution in [3.8, 4) is 0 Å². The molecule has 0 aliphatic heterocycles. The van der Waals surface area contributed by atoms with Crippen LogP contribution < -0.4 is 5.73 Å². The molecule has 3 heteroatoms. The van der Waals surface area contributed by atoms with E-state index in [4.69, 9.17) is 10.5 Å². The van der Waals surface area contributed by atoms with Crippen molar-refractivity contribution in [3.63, 3.8) is 0 Å². The number of nitrogens with two attached hydrogens (primary N) is 1. The molecule has 0 aromatic heterocycles. The smallest absolute Gasteiger partial charge is 0.149 e. The van der Waals surface area contributed by atoms with Gasteiger partial charge in [0, 0.05) is 13.0 Å². The van der Waals surface area contributed by atoms with Gasteiger partial charge in [-0.05, 0) is 18.4 Å². The van der Waals surface area contributed by atoms with Crippen molar-refractivity contribution in [2.45, 2.75) is 38.8 Å². The van der Waals surface area contributed by atoms with Gasteiger partial charge in [-0.15, -0.1) is 0 Å². The van der Waals surface area contributed by atoms with E-state index in [1.54, 1.807) is 0 Å². The molecule has 0 fully saturated rings. The topological polar surface area (TPSA) is 52.3 Å². The first-order chi connectivity index (χ1) is 8.24. The van der Waals surface area contributed by atoms with Gasteiger partial charge in [-0.1, -0.05) is 37.3 Å². The molecule has 2 N–H and O–H groups in total. The molecule has 0 aliphatic carbocycles. The van der Waals surface area contributed by atoms with E-state index in [0.717, 1.165) is 6.42 Å². The Bertz CT molecular complexity index is 324. The van der Waals surface area contributed by atoms with E-state index in [-0.39, 0.29) is 11.8 Å². The first kappa shape index (κ1) is 13.9. The van der Waals surface area contributed by atoms with Crippen LogP contribution in [0.5, 0.6) is 0 Å². The second-order valence-corrected chi connectivity index (χ2v) is 4.11. The fourth-order valence-corrected chi connectivity index (χ4v) is 1.59. The minimum Gasteiger partial charge on any atom is -0.377 e. The molecule has 1 atom stereocenters. The molecule has 0 aliphatic rings. The summed E-state index contributed by atoms with van der Waals surface area (Å²) in [6.07, 6.45) is 2.06. The Morgan fingerprint density at radius 3 is 2.71 bits per heavy atom. The monoisotopic (exact) mass is 235 g/mol. The van der Waals surface area contributed by atoms with Crippen molar-refractivity contribution in [2.24, 2.45) is 5.73 Å². The SMILES string of the molecule is CCC(=O)[C@@H](N)CCCOCc1ccccc1. The highest BCUT2D eigenvalue weighted by Gasteiger charge is 2.09. The lowest BCUT2D eigenvalue weighted by Gasteiger charge is -2.09. The summed E-state index contributed by atoms with van der Waals surface area (Å²) < 4.78 is 5.52. The average molecular weight is 235 g/mol. The van der Waals surface area contributed by atoms with Crippen LogP contribution in [0.2, 0.25) is 0 Å². The van der Waals surface area contributed by atoms with Crippen LogP contribution >= 0.6 is 0 Å². The Kier molecular flexibility index (Phi) is 6.51. The number of benzene rings is 1. The number of hydrogen-bond donors (Lipinski definition) is 1. The number of ether oxygens (including phenoxy) is 1. The Hall–Kier alpha value is -1.19. The van der Waals surface area contributed by atoms with E-state index in [0.29, 0.717) is 26.1 Å². The van der Waals surface area contributed by atoms with Gasteiger partial charge in [0.25, 0.3) is 0 Å². The predicted octanol–water partition coefficient (Wildman–Crippen LogP) is 2.29. The summed E-state index contributed by atoms with van der Waals surface area (Å²) in [6, 6.07) is 9.72. The van der Waals surface area contributed by atoms with Gasteiger partial charge < -0.3 is 10.5 Å². The van der Waals surface area contributed by atoms with Crippen molar-refractivity contribution < 1.29 is 9.53 Å². The van der Waals surface area contributed by atoms with Crippen LogP contribution in [0.4, 0.5) is 0 Å². The number of Topliss-reactive ketones (excluding diaryl/α,β-unsaturated/α-hetero) is 1. The molecule has 3 nitrogen and oxygen atoms in total. The molecular weight excluding hydrogens is 214 g/mol. The zero-order valence-electron chi connectivity index (χ0n) is 10.4. The molecule has 0 saturated carbocycles. The first-order valence-corrected chi connectivity index (χ1v) is 6.14. The second-order valence-electron chi connectivity index (χ2n) is 4.11. The van der Waals surface area contributed by atoms with Crippen LogP contribution in [-0.4, -0.2) is 18.4 Å². The highest BCUT2D eigenvalue weighted by Crippen LogP contribution is 2.03. The minimum absolute atomic E-state index is 0.132. The fraction of sp³-hybridized carbons (Fsp3) is 0.500. The average Bonchev–Trinajstić information content (AvgIpc) is 2.38. The lowest BCUT2D eigenvalue weighted by molar-refractivity contribution is -0.120. The molecule has 0 amide bonds. The molecule has 0 spiro atoms. The highest BCUT2D eigenvalue weighted by atomic mass is 16.5. The van der Waals surface area contributed by atoms with E-state index in [9.17, 15) is 4.79 Å². The first-order valence-electron chi connectivity index (χ1n) is 6.14. The molecule has 0 bridgehead atoms. The van der Waals surface area contributed by atoms with Gasteiger partial charge in [0.2, 0.25) is 0 Å². The molecule has 0 radical (unpaired) electrons. The van der Waals surface area contributed by atoms with Crippen LogP contribution in [0, 0.1) is 0 Å². The third-order valence-electron chi connectivity index (χ3n) is 2.68. The zero-order valence-corrected chi connectivity index (χ0v) is 10.4. The van der Waals surface area contributed by atoms with Crippen molar-refractivity contribution in [1.82, 2.24) is 0 Å². The van der Waals surface area contributed by atoms with Gasteiger partial charge in [-0.3, -0.25) is 4.79 Å². The summed E-state index contributed by atoms with van der Waals surface area (Å²) >= 11 is 0. The summed E-state index contributed by atoms with van der Waals surface area (Å²) in [4.78, 5) is 11.2. The molecule has 1 rings (SSSR count). The summed E-state index contributed by atoms with van der Waals surface area (Å²) in [5.74, 6) is 0.132. The number of carbonyl (C=O) groups excluding carboxylic acids is 1.